The number of carboxylic acid groups (broad SMARTS) is 1. The summed E-state index contributed by atoms with van der Waals surface area (Å²) >= 11 is 8.70. The summed E-state index contributed by atoms with van der Waals surface area (Å²) in [6.45, 7) is 0.809. The minimum absolute atomic E-state index is 0.0163. The van der Waals surface area contributed by atoms with Crippen LogP contribution in [0.5, 0.6) is 0 Å². The average molecular weight is 445 g/mol. The fourth-order valence-corrected chi connectivity index (χ4v) is 5.02. The number of hydrogen-bond acceptors (Lipinski definition) is 3. The molecule has 3 rings (SSSR count). The van der Waals surface area contributed by atoms with Gasteiger partial charge in [0.15, 0.2) is 0 Å². The Morgan fingerprint density at radius 2 is 2.14 bits per heavy atom. The van der Waals surface area contributed by atoms with Crippen LogP contribution in [0, 0.1) is 0 Å². The maximum atomic E-state index is 11.6. The fourth-order valence-electron chi connectivity index (χ4n) is 3.03. The van der Waals surface area contributed by atoms with Crippen LogP contribution in [0.3, 0.4) is 0 Å². The van der Waals surface area contributed by atoms with Crippen LogP contribution in [0.1, 0.15) is 29.3 Å². The Bertz CT molecular complexity index is 688. The van der Waals surface area contributed by atoms with E-state index in [9.17, 15) is 9.90 Å². The average Bonchev–Trinajstić information content (AvgIpc) is 3.09. The van der Waals surface area contributed by atoms with E-state index < -0.39 is 12.0 Å². The van der Waals surface area contributed by atoms with Gasteiger partial charge < -0.3 is 5.11 Å². The van der Waals surface area contributed by atoms with Gasteiger partial charge in [0.25, 0.3) is 0 Å². The summed E-state index contributed by atoms with van der Waals surface area (Å²) in [6, 6.07) is 11.8. The summed E-state index contributed by atoms with van der Waals surface area (Å²) in [5.74, 6) is -0.729. The summed E-state index contributed by atoms with van der Waals surface area (Å²) in [5.41, 5.74) is 1.12. The number of nitrogens with zero attached hydrogens (tertiary/aromatic N) is 1. The topological polar surface area (TPSA) is 40.5 Å². The Morgan fingerprint density at radius 1 is 1.32 bits per heavy atom. The molecule has 0 radical (unpaired) electrons. The molecular formula is C16H15Br2NO2S. The van der Waals surface area contributed by atoms with Crippen molar-refractivity contribution in [2.75, 3.05) is 6.54 Å². The molecule has 1 aromatic heterocycles. The standard InChI is InChI=1S/C16H15Br2NO2S/c17-11-4-1-3-10(9-11)15(13-6-7-14(18)22-13)19-8-2-5-12(19)16(20)21/h1,3-4,6-7,9,12,15H,2,5,8H2,(H,20,21). The van der Waals surface area contributed by atoms with Gasteiger partial charge in [0.05, 0.1) is 9.83 Å². The predicted molar refractivity (Wildman–Crippen MR) is 95.4 cm³/mol. The van der Waals surface area contributed by atoms with Crippen molar-refractivity contribution in [1.82, 2.24) is 4.90 Å². The first-order valence-electron chi connectivity index (χ1n) is 7.05. The molecule has 1 fully saturated rings. The SMILES string of the molecule is O=C(O)C1CCCN1C(c1cccc(Br)c1)c1ccc(Br)s1. The third-order valence-corrected chi connectivity index (χ3v) is 6.11. The number of carboxylic acids is 1. The van der Waals surface area contributed by atoms with Crippen molar-refractivity contribution in [2.45, 2.75) is 24.9 Å². The number of thiophene rings is 1. The van der Waals surface area contributed by atoms with Gasteiger partial charge >= 0.3 is 5.97 Å². The van der Waals surface area contributed by atoms with E-state index in [0.717, 1.165) is 31.7 Å². The van der Waals surface area contributed by atoms with E-state index in [-0.39, 0.29) is 6.04 Å². The van der Waals surface area contributed by atoms with Gasteiger partial charge in [-0.1, -0.05) is 28.1 Å². The molecule has 2 aromatic rings. The van der Waals surface area contributed by atoms with Gasteiger partial charge in [-0.05, 0) is 58.6 Å². The normalized spacial score (nSPS) is 20.2. The van der Waals surface area contributed by atoms with Crippen molar-refractivity contribution in [3.05, 3.63) is 55.1 Å². The first-order valence-corrected chi connectivity index (χ1v) is 9.46. The van der Waals surface area contributed by atoms with E-state index in [2.05, 4.69) is 55.0 Å². The molecule has 1 saturated heterocycles. The van der Waals surface area contributed by atoms with Gasteiger partial charge in [0, 0.05) is 15.9 Å². The third kappa shape index (κ3) is 3.30. The van der Waals surface area contributed by atoms with Crippen molar-refractivity contribution in [1.29, 1.82) is 0 Å². The van der Waals surface area contributed by atoms with E-state index in [1.807, 2.05) is 18.2 Å². The highest BCUT2D eigenvalue weighted by atomic mass is 79.9. The Balaban J connectivity index is 2.05. The second-order valence-electron chi connectivity index (χ2n) is 5.33. The molecule has 1 aromatic carbocycles. The van der Waals surface area contributed by atoms with Gasteiger partial charge in [-0.2, -0.15) is 0 Å². The second-order valence-corrected chi connectivity index (χ2v) is 8.74. The summed E-state index contributed by atoms with van der Waals surface area (Å²) in [6.07, 6.45) is 1.64. The van der Waals surface area contributed by atoms with Crippen molar-refractivity contribution < 1.29 is 9.90 Å². The van der Waals surface area contributed by atoms with Crippen LogP contribution in [-0.2, 0) is 4.79 Å². The van der Waals surface area contributed by atoms with E-state index in [4.69, 9.17) is 0 Å². The first-order chi connectivity index (χ1) is 10.6. The van der Waals surface area contributed by atoms with Crippen molar-refractivity contribution in [3.63, 3.8) is 0 Å². The molecule has 1 N–H and O–H groups in total. The molecule has 0 saturated carbocycles. The van der Waals surface area contributed by atoms with E-state index in [0.29, 0.717) is 6.42 Å². The molecule has 2 heterocycles. The van der Waals surface area contributed by atoms with E-state index in [1.165, 1.54) is 0 Å². The second kappa shape index (κ2) is 6.83. The predicted octanol–water partition coefficient (Wildman–Crippen LogP) is 4.91. The number of aliphatic carboxylic acids is 1. The lowest BCUT2D eigenvalue weighted by molar-refractivity contribution is -0.142. The molecule has 3 nitrogen and oxygen atoms in total. The number of hydrogen-bond donors (Lipinski definition) is 1. The molecule has 0 amide bonds. The molecule has 0 aliphatic carbocycles. The highest BCUT2D eigenvalue weighted by Gasteiger charge is 2.37. The summed E-state index contributed by atoms with van der Waals surface area (Å²) in [4.78, 5) is 14.9. The van der Waals surface area contributed by atoms with E-state index >= 15 is 0 Å². The fraction of sp³-hybridized carbons (Fsp3) is 0.312. The van der Waals surface area contributed by atoms with Crippen LogP contribution in [0.15, 0.2) is 44.7 Å². The van der Waals surface area contributed by atoms with Crippen LogP contribution in [0.25, 0.3) is 0 Å². The molecular weight excluding hydrogens is 430 g/mol. The molecule has 22 heavy (non-hydrogen) atoms. The van der Waals surface area contributed by atoms with Gasteiger partial charge in [-0.25, -0.2) is 0 Å². The molecule has 1 aliphatic heterocycles. The maximum Gasteiger partial charge on any atom is 0.320 e. The zero-order chi connectivity index (χ0) is 15.7. The van der Waals surface area contributed by atoms with Crippen LogP contribution in [-0.4, -0.2) is 28.6 Å². The van der Waals surface area contributed by atoms with Gasteiger partial charge in [-0.3, -0.25) is 9.69 Å². The van der Waals surface area contributed by atoms with E-state index in [1.54, 1.807) is 11.3 Å². The number of benzene rings is 1. The first kappa shape index (κ1) is 16.2. The summed E-state index contributed by atoms with van der Waals surface area (Å²) < 4.78 is 2.07. The molecule has 6 heteroatoms. The molecule has 0 bridgehead atoms. The molecule has 116 valence electrons. The molecule has 2 unspecified atom stereocenters. The minimum atomic E-state index is -0.729. The largest absolute Gasteiger partial charge is 0.480 e. The van der Waals surface area contributed by atoms with Crippen LogP contribution in [0.2, 0.25) is 0 Å². The zero-order valence-electron chi connectivity index (χ0n) is 11.7. The lowest BCUT2D eigenvalue weighted by Gasteiger charge is -2.31. The monoisotopic (exact) mass is 443 g/mol. The van der Waals surface area contributed by atoms with Crippen molar-refractivity contribution in [3.8, 4) is 0 Å². The number of carbonyl (C=O) groups is 1. The Morgan fingerprint density at radius 3 is 2.77 bits per heavy atom. The molecule has 1 aliphatic rings. The number of halogens is 2. The Labute approximate surface area is 150 Å². The minimum Gasteiger partial charge on any atom is -0.480 e. The third-order valence-electron chi connectivity index (χ3n) is 3.94. The molecule has 0 spiro atoms. The van der Waals surface area contributed by atoms with Crippen LogP contribution in [0.4, 0.5) is 0 Å². The smallest absolute Gasteiger partial charge is 0.320 e. The number of likely N-dealkylation sites (tertiary alicyclic amines) is 1. The summed E-state index contributed by atoms with van der Waals surface area (Å²) in [7, 11) is 0. The highest BCUT2D eigenvalue weighted by Crippen LogP contribution is 2.39. The quantitative estimate of drug-likeness (QED) is 0.728. The zero-order valence-corrected chi connectivity index (χ0v) is 15.7. The molecule has 2 atom stereocenters. The lowest BCUT2D eigenvalue weighted by Crippen LogP contribution is -2.39. The number of rotatable bonds is 4. The van der Waals surface area contributed by atoms with Crippen molar-refractivity contribution in [2.24, 2.45) is 0 Å². The highest BCUT2D eigenvalue weighted by molar-refractivity contribution is 9.11. The lowest BCUT2D eigenvalue weighted by atomic mass is 10.0. The van der Waals surface area contributed by atoms with Gasteiger partial charge in [0.2, 0.25) is 0 Å². The van der Waals surface area contributed by atoms with Gasteiger partial charge in [0.1, 0.15) is 6.04 Å². The maximum absolute atomic E-state index is 11.6. The van der Waals surface area contributed by atoms with Crippen LogP contribution >= 0.6 is 43.2 Å². The Kier molecular flexibility index (Phi) is 5.02. The van der Waals surface area contributed by atoms with Crippen molar-refractivity contribution >= 4 is 49.2 Å². The Hall–Kier alpha value is -0.690. The van der Waals surface area contributed by atoms with Crippen LogP contribution < -0.4 is 0 Å². The van der Waals surface area contributed by atoms with Gasteiger partial charge in [-0.15, -0.1) is 11.3 Å². The summed E-state index contributed by atoms with van der Waals surface area (Å²) in [5, 5.41) is 9.53.